The quantitative estimate of drug-likeness (QED) is 0.486. The van der Waals surface area contributed by atoms with Gasteiger partial charge in [0.1, 0.15) is 0 Å². The third-order valence-electron chi connectivity index (χ3n) is 0.801. The van der Waals surface area contributed by atoms with Gasteiger partial charge >= 0.3 is 0 Å². The fraction of sp³-hybridized carbons (Fsp3) is 0.750. The van der Waals surface area contributed by atoms with Crippen molar-refractivity contribution in [1.29, 1.82) is 0 Å². The van der Waals surface area contributed by atoms with Crippen molar-refractivity contribution in [1.82, 2.24) is 0 Å². The van der Waals surface area contributed by atoms with E-state index in [4.69, 9.17) is 10.7 Å². The van der Waals surface area contributed by atoms with Gasteiger partial charge in [0, 0.05) is 27.7 Å². The lowest BCUT2D eigenvalue weighted by atomic mass is 10.9. The average molecular weight is 157 g/mol. The minimum atomic E-state index is -3.38. The van der Waals surface area contributed by atoms with Gasteiger partial charge in [-0.2, -0.15) is 0 Å². The van der Waals surface area contributed by atoms with Gasteiger partial charge in [-0.15, -0.1) is 0 Å². The molecule has 0 bridgehead atoms. The predicted molar refractivity (Wildman–Crippen MR) is 36.5 cm³/mol. The van der Waals surface area contributed by atoms with Gasteiger partial charge in [-0.3, -0.25) is 9.00 Å². The topological polar surface area (TPSA) is 34.1 Å². The Labute approximate surface area is 53.1 Å². The van der Waals surface area contributed by atoms with Gasteiger partial charge in [0.15, 0.2) is 0 Å². The van der Waals surface area contributed by atoms with E-state index in [1.54, 1.807) is 0 Å². The highest BCUT2D eigenvalue weighted by Crippen LogP contribution is 2.23. The molecule has 0 radical (unpaired) electrons. The first-order valence-corrected chi connectivity index (χ1v) is 5.65. The summed E-state index contributed by atoms with van der Waals surface area (Å²) in [5.41, 5.74) is 0. The molecule has 0 spiro atoms. The minimum absolute atomic E-state index is 0.455. The van der Waals surface area contributed by atoms with Crippen LogP contribution in [0.25, 0.3) is 0 Å². The second kappa shape index (κ2) is 1.54. The zero-order valence-electron chi connectivity index (χ0n) is 5.10. The molecule has 0 aromatic heterocycles. The van der Waals surface area contributed by atoms with Crippen molar-refractivity contribution in [3.63, 3.8) is 0 Å². The van der Waals surface area contributed by atoms with Gasteiger partial charge in [-0.05, 0) is 10.7 Å². The zero-order valence-corrected chi connectivity index (χ0v) is 6.68. The number of carbonyl (C=O) groups is 1. The summed E-state index contributed by atoms with van der Waals surface area (Å²) in [5.74, 6) is 0. The van der Waals surface area contributed by atoms with Gasteiger partial charge in [0.05, 0.1) is 0 Å². The Hall–Kier alpha value is 0.110. The number of hydrogen-bond donors (Lipinski definition) is 0. The van der Waals surface area contributed by atoms with E-state index in [1.807, 2.05) is 0 Å². The van der Waals surface area contributed by atoms with Crippen LogP contribution < -0.4 is 0 Å². The van der Waals surface area contributed by atoms with Crippen molar-refractivity contribution in [3.8, 4) is 0 Å². The largest absolute Gasteiger partial charge is 0.286 e. The number of halogens is 1. The third-order valence-corrected chi connectivity index (χ3v) is 3.05. The molecule has 50 valence electrons. The first kappa shape index (κ1) is 8.11. The molecule has 0 atom stereocenters. The molecule has 0 aliphatic carbocycles. The lowest BCUT2D eigenvalue weighted by Gasteiger charge is -2.19. The first-order chi connectivity index (χ1) is 3.20. The summed E-state index contributed by atoms with van der Waals surface area (Å²) in [7, 11) is 1.95. The van der Waals surface area contributed by atoms with Crippen LogP contribution in [0.5, 0.6) is 0 Å². The summed E-state index contributed by atoms with van der Waals surface area (Å²) in [4.78, 5) is 10.4. The molecular weight excluding hydrogens is 148 g/mol. The van der Waals surface area contributed by atoms with Crippen molar-refractivity contribution >= 4 is 24.1 Å². The summed E-state index contributed by atoms with van der Waals surface area (Å²) >= 11 is 0. The van der Waals surface area contributed by atoms with E-state index in [-0.39, 0.29) is 0 Å². The lowest BCUT2D eigenvalue weighted by Crippen LogP contribution is -2.29. The Morgan fingerprint density at radius 2 is 1.62 bits per heavy atom. The van der Waals surface area contributed by atoms with Crippen molar-refractivity contribution in [3.05, 3.63) is 0 Å². The molecule has 0 amide bonds. The number of carbonyl (C=O) groups excluding carboxylic acids is 1. The van der Waals surface area contributed by atoms with Crippen LogP contribution in [0, 0.1) is 0 Å². The Morgan fingerprint density at radius 3 is 1.62 bits per heavy atom. The van der Waals surface area contributed by atoms with Crippen molar-refractivity contribution in [2.75, 3.05) is 12.5 Å². The summed E-state index contributed by atoms with van der Waals surface area (Å²) < 4.78 is 10.9. The molecular formula is C4H9ClO2S. The maximum absolute atomic E-state index is 10.9. The van der Waals surface area contributed by atoms with Crippen molar-refractivity contribution < 1.29 is 9.00 Å². The van der Waals surface area contributed by atoms with Crippen molar-refractivity contribution in [2.24, 2.45) is 0 Å². The molecule has 0 unspecified atom stereocenters. The van der Waals surface area contributed by atoms with Crippen LogP contribution in [0.3, 0.4) is 0 Å². The van der Waals surface area contributed by atoms with Crippen LogP contribution in [0.2, 0.25) is 0 Å². The second-order valence-corrected chi connectivity index (χ2v) is 8.80. The van der Waals surface area contributed by atoms with E-state index < -0.39 is 13.4 Å². The van der Waals surface area contributed by atoms with Crippen molar-refractivity contribution in [2.45, 2.75) is 6.92 Å². The molecule has 0 rings (SSSR count). The smallest absolute Gasteiger partial charge is 0.206 e. The zero-order chi connectivity index (χ0) is 7.02. The van der Waals surface area contributed by atoms with Gasteiger partial charge in [-0.25, -0.2) is 0 Å². The van der Waals surface area contributed by atoms with E-state index in [0.717, 1.165) is 0 Å². The van der Waals surface area contributed by atoms with Crippen LogP contribution in [0.4, 0.5) is 0 Å². The highest BCUT2D eigenvalue weighted by Gasteiger charge is 2.26. The maximum Gasteiger partial charge on any atom is 0.206 e. The summed E-state index contributed by atoms with van der Waals surface area (Å²) in [5, 5.41) is -0.455. The summed E-state index contributed by atoms with van der Waals surface area (Å²) in [6, 6.07) is 0. The SMILES string of the molecule is CC(=O)S(C)(C)(=O)Cl. The second-order valence-electron chi connectivity index (χ2n) is 2.17. The van der Waals surface area contributed by atoms with E-state index >= 15 is 0 Å². The van der Waals surface area contributed by atoms with Crippen LogP contribution in [-0.2, 0) is 13.1 Å². The molecule has 0 aliphatic heterocycles. The van der Waals surface area contributed by atoms with E-state index in [2.05, 4.69) is 0 Å². The molecule has 0 heterocycles. The normalized spacial score (nSPS) is 16.8. The standard InChI is InChI=1S/C4H9ClO2S/c1-4(6)8(2,3,5)7/h1-3H3. The first-order valence-electron chi connectivity index (χ1n) is 2.05. The number of rotatable bonds is 0. The molecule has 2 nitrogen and oxygen atoms in total. The van der Waals surface area contributed by atoms with Gasteiger partial charge in [0.2, 0.25) is 5.12 Å². The Morgan fingerprint density at radius 1 is 1.50 bits per heavy atom. The summed E-state index contributed by atoms with van der Waals surface area (Å²) in [6.45, 7) is 1.22. The van der Waals surface area contributed by atoms with Crippen LogP contribution >= 0.6 is 10.7 Å². The molecule has 0 saturated carbocycles. The predicted octanol–water partition coefficient (Wildman–Crippen LogP) is 0.766. The monoisotopic (exact) mass is 156 g/mol. The summed E-state index contributed by atoms with van der Waals surface area (Å²) in [6.07, 6.45) is 2.50. The lowest BCUT2D eigenvalue weighted by molar-refractivity contribution is -0.109. The maximum atomic E-state index is 10.9. The molecule has 0 fully saturated rings. The Bertz CT molecular complexity index is 167. The Kier molecular flexibility index (Phi) is 1.57. The molecule has 8 heavy (non-hydrogen) atoms. The molecule has 0 saturated heterocycles. The van der Waals surface area contributed by atoms with E-state index in [0.29, 0.717) is 0 Å². The van der Waals surface area contributed by atoms with E-state index in [9.17, 15) is 9.00 Å². The van der Waals surface area contributed by atoms with Crippen LogP contribution in [-0.4, -0.2) is 21.8 Å². The minimum Gasteiger partial charge on any atom is -0.286 e. The Balaban J connectivity index is 4.68. The molecule has 0 aromatic rings. The average Bonchev–Trinajstić information content (AvgIpc) is 1.27. The fourth-order valence-electron chi connectivity index (χ4n) is 0. The van der Waals surface area contributed by atoms with Gasteiger partial charge in [0.25, 0.3) is 0 Å². The van der Waals surface area contributed by atoms with Crippen LogP contribution in [0.1, 0.15) is 6.92 Å². The highest BCUT2D eigenvalue weighted by atomic mass is 35.7. The molecule has 0 aliphatic rings. The highest BCUT2D eigenvalue weighted by molar-refractivity contribution is 8.47. The molecule has 0 aromatic carbocycles. The number of hydrogen-bond acceptors (Lipinski definition) is 2. The van der Waals surface area contributed by atoms with Crippen LogP contribution in [0.15, 0.2) is 0 Å². The fourth-order valence-corrected chi connectivity index (χ4v) is 0. The van der Waals surface area contributed by atoms with E-state index in [1.165, 1.54) is 19.4 Å². The van der Waals surface area contributed by atoms with Gasteiger partial charge < -0.3 is 0 Å². The molecule has 4 heteroatoms. The third kappa shape index (κ3) is 2.43. The van der Waals surface area contributed by atoms with Gasteiger partial charge in [-0.1, -0.05) is 0 Å². The molecule has 0 N–H and O–H groups in total.